The van der Waals surface area contributed by atoms with Crippen LogP contribution in [-0.2, 0) is 0 Å². The molecule has 0 saturated carbocycles. The quantitative estimate of drug-likeness (QED) is 0.883. The number of hydrogen-bond donors (Lipinski definition) is 2. The van der Waals surface area contributed by atoms with Crippen molar-refractivity contribution in [1.82, 2.24) is 0 Å². The molecule has 1 unspecified atom stereocenters. The molecule has 0 aromatic heterocycles. The minimum absolute atomic E-state index is 0.0126. The highest BCUT2D eigenvalue weighted by molar-refractivity contribution is 9.10. The van der Waals surface area contributed by atoms with Crippen LogP contribution in [0.15, 0.2) is 46.9 Å². The van der Waals surface area contributed by atoms with Crippen molar-refractivity contribution >= 4 is 15.9 Å². The van der Waals surface area contributed by atoms with Gasteiger partial charge in [-0.15, -0.1) is 0 Å². The van der Waals surface area contributed by atoms with Gasteiger partial charge < -0.3 is 10.8 Å². The Balaban J connectivity index is 2.46. The highest BCUT2D eigenvalue weighted by atomic mass is 79.9. The van der Waals surface area contributed by atoms with Gasteiger partial charge in [-0.3, -0.25) is 0 Å². The second-order valence-corrected chi connectivity index (χ2v) is 4.93. The lowest BCUT2D eigenvalue weighted by Crippen LogP contribution is -2.05. The second-order valence-electron chi connectivity index (χ2n) is 4.07. The minimum Gasteiger partial charge on any atom is -0.508 e. The molecule has 0 spiro atoms. The molecule has 2 nitrogen and oxygen atoms in total. The van der Waals surface area contributed by atoms with E-state index >= 15 is 0 Å². The predicted octanol–water partition coefficient (Wildman–Crippen LogP) is 3.84. The fourth-order valence-electron chi connectivity index (χ4n) is 1.73. The lowest BCUT2D eigenvalue weighted by atomic mass is 10.0. The molecular formula is C14H14BrNO. The Hall–Kier alpha value is -1.32. The Kier molecular flexibility index (Phi) is 3.50. The highest BCUT2D eigenvalue weighted by Gasteiger charge is 2.07. The summed E-state index contributed by atoms with van der Waals surface area (Å²) in [4.78, 5) is 0. The Morgan fingerprint density at radius 2 is 1.65 bits per heavy atom. The molecule has 3 N–H and O–H groups in total. The topological polar surface area (TPSA) is 46.2 Å². The molecule has 0 radical (unpaired) electrons. The third-order valence-electron chi connectivity index (χ3n) is 2.69. The third-order valence-corrected chi connectivity index (χ3v) is 3.41. The van der Waals surface area contributed by atoms with Crippen molar-refractivity contribution in [2.24, 2.45) is 5.73 Å². The molecule has 88 valence electrons. The van der Waals surface area contributed by atoms with Gasteiger partial charge in [0.25, 0.3) is 0 Å². The lowest BCUT2D eigenvalue weighted by Gasteiger charge is -2.11. The van der Waals surface area contributed by atoms with Gasteiger partial charge in [0.05, 0.1) is 0 Å². The minimum atomic E-state index is -0.0126. The molecule has 1 atom stereocenters. The molecule has 2 rings (SSSR count). The number of benzene rings is 2. The van der Waals surface area contributed by atoms with Crippen LogP contribution in [0.2, 0.25) is 0 Å². The van der Waals surface area contributed by atoms with Crippen molar-refractivity contribution in [2.45, 2.75) is 13.0 Å². The van der Waals surface area contributed by atoms with Crippen molar-refractivity contribution in [2.75, 3.05) is 0 Å². The second kappa shape index (κ2) is 4.90. The Labute approximate surface area is 109 Å². The number of halogens is 1. The molecule has 0 fully saturated rings. The van der Waals surface area contributed by atoms with Gasteiger partial charge in [-0.05, 0) is 47.9 Å². The fourth-order valence-corrected chi connectivity index (χ4v) is 2.33. The molecule has 0 aliphatic heterocycles. The predicted molar refractivity (Wildman–Crippen MR) is 73.8 cm³/mol. The average molecular weight is 292 g/mol. The normalized spacial score (nSPS) is 12.4. The molecular weight excluding hydrogens is 278 g/mol. The number of nitrogens with two attached hydrogens (primary N) is 1. The summed E-state index contributed by atoms with van der Waals surface area (Å²) in [6, 6.07) is 13.2. The van der Waals surface area contributed by atoms with E-state index in [1.807, 2.05) is 31.2 Å². The van der Waals surface area contributed by atoms with Gasteiger partial charge in [0.1, 0.15) is 5.75 Å². The van der Waals surface area contributed by atoms with Gasteiger partial charge in [0.15, 0.2) is 0 Å². The zero-order valence-corrected chi connectivity index (χ0v) is 11.1. The van der Waals surface area contributed by atoms with Crippen molar-refractivity contribution in [3.05, 3.63) is 52.5 Å². The van der Waals surface area contributed by atoms with E-state index in [4.69, 9.17) is 5.73 Å². The highest BCUT2D eigenvalue weighted by Crippen LogP contribution is 2.29. The van der Waals surface area contributed by atoms with Gasteiger partial charge in [-0.1, -0.05) is 34.1 Å². The summed E-state index contributed by atoms with van der Waals surface area (Å²) in [5, 5.41) is 9.26. The molecule has 0 saturated heterocycles. The van der Waals surface area contributed by atoms with Gasteiger partial charge in [0, 0.05) is 10.5 Å². The van der Waals surface area contributed by atoms with Crippen LogP contribution in [0, 0.1) is 0 Å². The Morgan fingerprint density at radius 3 is 2.24 bits per heavy atom. The summed E-state index contributed by atoms with van der Waals surface area (Å²) in [6.07, 6.45) is 0. The van der Waals surface area contributed by atoms with Crippen molar-refractivity contribution in [1.29, 1.82) is 0 Å². The summed E-state index contributed by atoms with van der Waals surface area (Å²) in [5.74, 6) is 0.276. The Bertz CT molecular complexity index is 520. The van der Waals surface area contributed by atoms with Gasteiger partial charge in [-0.25, -0.2) is 0 Å². The first-order chi connectivity index (χ1) is 8.08. The van der Waals surface area contributed by atoms with Crippen LogP contribution in [0.3, 0.4) is 0 Å². The molecule has 3 heteroatoms. The maximum atomic E-state index is 9.26. The number of hydrogen-bond acceptors (Lipinski definition) is 2. The van der Waals surface area contributed by atoms with Crippen LogP contribution in [-0.4, -0.2) is 5.11 Å². The smallest absolute Gasteiger partial charge is 0.115 e. The summed E-state index contributed by atoms with van der Waals surface area (Å²) < 4.78 is 1.02. The molecule has 2 aromatic carbocycles. The van der Waals surface area contributed by atoms with E-state index in [-0.39, 0.29) is 11.8 Å². The van der Waals surface area contributed by atoms with E-state index in [2.05, 4.69) is 22.0 Å². The summed E-state index contributed by atoms with van der Waals surface area (Å²) >= 11 is 3.50. The van der Waals surface area contributed by atoms with Crippen LogP contribution >= 0.6 is 15.9 Å². The average Bonchev–Trinajstić information content (AvgIpc) is 2.30. The van der Waals surface area contributed by atoms with E-state index in [0.717, 1.165) is 21.2 Å². The van der Waals surface area contributed by atoms with Gasteiger partial charge in [-0.2, -0.15) is 0 Å². The zero-order chi connectivity index (χ0) is 12.4. The molecule has 0 aliphatic rings. The van der Waals surface area contributed by atoms with E-state index in [9.17, 15) is 5.11 Å². The maximum Gasteiger partial charge on any atom is 0.115 e. The fraction of sp³-hybridized carbons (Fsp3) is 0.143. The molecule has 17 heavy (non-hydrogen) atoms. The molecule has 0 heterocycles. The van der Waals surface area contributed by atoms with E-state index in [1.165, 1.54) is 0 Å². The van der Waals surface area contributed by atoms with E-state index in [1.54, 1.807) is 12.1 Å². The summed E-state index contributed by atoms with van der Waals surface area (Å²) in [7, 11) is 0. The Morgan fingerprint density at radius 1 is 1.06 bits per heavy atom. The van der Waals surface area contributed by atoms with Crippen LogP contribution in [0.4, 0.5) is 0 Å². The number of phenols is 1. The lowest BCUT2D eigenvalue weighted by molar-refractivity contribution is 0.475. The SMILES string of the molecule is CC(N)c1cc(-c2ccc(O)cc2)ccc1Br. The number of phenolic OH excluding ortho intramolecular Hbond substituents is 1. The molecule has 0 amide bonds. The van der Waals surface area contributed by atoms with Crippen molar-refractivity contribution < 1.29 is 5.11 Å². The van der Waals surface area contributed by atoms with Crippen LogP contribution < -0.4 is 5.73 Å². The first-order valence-corrected chi connectivity index (χ1v) is 6.21. The van der Waals surface area contributed by atoms with Crippen LogP contribution in [0.1, 0.15) is 18.5 Å². The first kappa shape index (κ1) is 12.1. The largest absolute Gasteiger partial charge is 0.508 e. The summed E-state index contributed by atoms with van der Waals surface area (Å²) in [5.41, 5.74) is 9.16. The molecule has 2 aromatic rings. The van der Waals surface area contributed by atoms with Gasteiger partial charge in [0.2, 0.25) is 0 Å². The monoisotopic (exact) mass is 291 g/mol. The molecule has 0 bridgehead atoms. The van der Waals surface area contributed by atoms with Crippen LogP contribution in [0.25, 0.3) is 11.1 Å². The van der Waals surface area contributed by atoms with Gasteiger partial charge >= 0.3 is 0 Å². The van der Waals surface area contributed by atoms with E-state index < -0.39 is 0 Å². The van der Waals surface area contributed by atoms with E-state index in [0.29, 0.717) is 0 Å². The third kappa shape index (κ3) is 2.68. The molecule has 0 aliphatic carbocycles. The standard InChI is InChI=1S/C14H14BrNO/c1-9(16)13-8-11(4-7-14(13)15)10-2-5-12(17)6-3-10/h2-9,17H,16H2,1H3. The van der Waals surface area contributed by atoms with Crippen LogP contribution in [0.5, 0.6) is 5.75 Å². The zero-order valence-electron chi connectivity index (χ0n) is 9.52. The van der Waals surface area contributed by atoms with Crippen molar-refractivity contribution in [3.8, 4) is 16.9 Å². The number of rotatable bonds is 2. The van der Waals surface area contributed by atoms with Crippen molar-refractivity contribution in [3.63, 3.8) is 0 Å². The number of aromatic hydroxyl groups is 1. The maximum absolute atomic E-state index is 9.26. The summed E-state index contributed by atoms with van der Waals surface area (Å²) in [6.45, 7) is 1.96. The first-order valence-electron chi connectivity index (χ1n) is 5.42.